The number of aliphatic hydroxyl groups is 2. The lowest BCUT2D eigenvalue weighted by atomic mass is 10.2. The van der Waals surface area contributed by atoms with Crippen molar-refractivity contribution < 1.29 is 29.7 Å². The van der Waals surface area contributed by atoms with E-state index in [0.717, 1.165) is 19.3 Å². The van der Waals surface area contributed by atoms with Crippen LogP contribution in [0.15, 0.2) is 0 Å². The monoisotopic (exact) mass is 233 g/mol. The van der Waals surface area contributed by atoms with Gasteiger partial charge in [0.1, 0.15) is 0 Å². The summed E-state index contributed by atoms with van der Waals surface area (Å²) in [5.41, 5.74) is 0. The van der Waals surface area contributed by atoms with Gasteiger partial charge in [0.15, 0.2) is 6.10 Å². The number of carbonyl (C=O) groups is 2. The van der Waals surface area contributed by atoms with Gasteiger partial charge in [-0.15, -0.1) is 0 Å². The van der Waals surface area contributed by atoms with E-state index in [1.807, 2.05) is 0 Å². The molecule has 2 atom stereocenters. The molecule has 1 aliphatic rings. The van der Waals surface area contributed by atoms with Crippen molar-refractivity contribution in [2.45, 2.75) is 31.7 Å². The molecule has 2 unspecified atom stereocenters. The molecule has 0 aromatic rings. The highest BCUT2D eigenvalue weighted by molar-refractivity contribution is 6.34. The Kier molecular flexibility index (Phi) is 4.81. The number of hydrogen-bond donors (Lipinski definition) is 3. The van der Waals surface area contributed by atoms with Gasteiger partial charge in [-0.25, -0.2) is 4.79 Å². The van der Waals surface area contributed by atoms with Gasteiger partial charge in [0.2, 0.25) is 6.29 Å². The predicted octanol–water partition coefficient (Wildman–Crippen LogP) is -1.26. The number of hydroxylamine groups is 2. The van der Waals surface area contributed by atoms with Crippen molar-refractivity contribution in [3.05, 3.63) is 0 Å². The van der Waals surface area contributed by atoms with E-state index in [9.17, 15) is 14.7 Å². The van der Waals surface area contributed by atoms with Crippen LogP contribution < -0.4 is 0 Å². The quantitative estimate of drug-likeness (QED) is 0.401. The predicted molar refractivity (Wildman–Crippen MR) is 51.2 cm³/mol. The summed E-state index contributed by atoms with van der Waals surface area (Å²) in [5, 5.41) is 28.2. The second-order valence-electron chi connectivity index (χ2n) is 3.60. The van der Waals surface area contributed by atoms with Gasteiger partial charge in [-0.3, -0.25) is 9.63 Å². The molecule has 0 aliphatic carbocycles. The van der Waals surface area contributed by atoms with Crippen molar-refractivity contribution in [3.63, 3.8) is 0 Å². The van der Waals surface area contributed by atoms with Crippen LogP contribution in [0.25, 0.3) is 0 Å². The SMILES string of the molecule is O=C(O)C(=O)C(O)C(O)ON1CCCCC1. The number of carboxylic acid groups (broad SMARTS) is 1. The van der Waals surface area contributed by atoms with Crippen LogP contribution in [0.1, 0.15) is 19.3 Å². The lowest BCUT2D eigenvalue weighted by molar-refractivity contribution is -0.290. The van der Waals surface area contributed by atoms with Gasteiger partial charge in [0.25, 0.3) is 5.78 Å². The maximum absolute atomic E-state index is 10.8. The topological polar surface area (TPSA) is 107 Å². The zero-order valence-electron chi connectivity index (χ0n) is 8.70. The lowest BCUT2D eigenvalue weighted by Crippen LogP contribution is -2.44. The van der Waals surface area contributed by atoms with Gasteiger partial charge in [-0.05, 0) is 12.8 Å². The Morgan fingerprint density at radius 2 is 1.69 bits per heavy atom. The molecule has 0 aromatic heterocycles. The smallest absolute Gasteiger partial charge is 0.375 e. The second-order valence-corrected chi connectivity index (χ2v) is 3.60. The molecule has 1 saturated heterocycles. The third-order valence-corrected chi connectivity index (χ3v) is 2.32. The van der Waals surface area contributed by atoms with Crippen LogP contribution in [0.4, 0.5) is 0 Å². The molecular formula is C9H15NO6. The molecule has 1 aliphatic heterocycles. The second kappa shape index (κ2) is 5.90. The Balaban J connectivity index is 2.41. The molecule has 0 saturated carbocycles. The maximum Gasteiger partial charge on any atom is 0.375 e. The number of piperidine rings is 1. The van der Waals surface area contributed by atoms with E-state index >= 15 is 0 Å². The first-order valence-electron chi connectivity index (χ1n) is 5.07. The molecule has 1 rings (SSSR count). The summed E-state index contributed by atoms with van der Waals surface area (Å²) in [6.07, 6.45) is -1.03. The molecule has 0 aromatic carbocycles. The molecule has 0 radical (unpaired) electrons. The van der Waals surface area contributed by atoms with Crippen molar-refractivity contribution in [3.8, 4) is 0 Å². The summed E-state index contributed by atoms with van der Waals surface area (Å²) >= 11 is 0. The highest BCUT2D eigenvalue weighted by Crippen LogP contribution is 2.11. The number of carboxylic acids is 1. The van der Waals surface area contributed by atoms with Crippen LogP contribution in [0, 0.1) is 0 Å². The molecule has 16 heavy (non-hydrogen) atoms. The van der Waals surface area contributed by atoms with E-state index in [-0.39, 0.29) is 0 Å². The summed E-state index contributed by atoms with van der Waals surface area (Å²) < 4.78 is 0. The fourth-order valence-corrected chi connectivity index (χ4v) is 1.44. The Bertz CT molecular complexity index is 263. The minimum Gasteiger partial charge on any atom is -0.475 e. The number of nitrogens with zero attached hydrogens (tertiary/aromatic N) is 1. The van der Waals surface area contributed by atoms with E-state index in [1.54, 1.807) is 0 Å². The van der Waals surface area contributed by atoms with Gasteiger partial charge in [-0.1, -0.05) is 6.42 Å². The number of hydrogen-bond acceptors (Lipinski definition) is 6. The highest BCUT2D eigenvalue weighted by Gasteiger charge is 2.31. The van der Waals surface area contributed by atoms with Crippen molar-refractivity contribution in [2.75, 3.05) is 13.1 Å². The van der Waals surface area contributed by atoms with Gasteiger partial charge in [0, 0.05) is 13.1 Å². The Morgan fingerprint density at radius 1 is 1.12 bits per heavy atom. The number of rotatable bonds is 5. The lowest BCUT2D eigenvalue weighted by Gasteiger charge is -2.28. The minimum atomic E-state index is -2.06. The zero-order valence-corrected chi connectivity index (χ0v) is 8.70. The number of Topliss-reactive ketones (excluding diaryl/α,β-unsaturated/α-hetero) is 1. The summed E-state index contributed by atoms with van der Waals surface area (Å²) in [7, 11) is 0. The van der Waals surface area contributed by atoms with E-state index < -0.39 is 24.1 Å². The first-order chi connectivity index (χ1) is 7.52. The molecule has 7 heteroatoms. The van der Waals surface area contributed by atoms with Crippen LogP contribution in [0.2, 0.25) is 0 Å². The van der Waals surface area contributed by atoms with Crippen molar-refractivity contribution in [1.82, 2.24) is 5.06 Å². The molecule has 0 bridgehead atoms. The van der Waals surface area contributed by atoms with Gasteiger partial charge >= 0.3 is 5.97 Å². The van der Waals surface area contributed by atoms with Gasteiger partial charge in [0.05, 0.1) is 0 Å². The summed E-state index contributed by atoms with van der Waals surface area (Å²) in [6, 6.07) is 0. The molecule has 7 nitrogen and oxygen atoms in total. The molecule has 0 amide bonds. The minimum absolute atomic E-state index is 0.588. The van der Waals surface area contributed by atoms with Crippen molar-refractivity contribution in [1.29, 1.82) is 0 Å². The molecular weight excluding hydrogens is 218 g/mol. The maximum atomic E-state index is 10.8. The number of aliphatic hydroxyl groups excluding tert-OH is 2. The largest absolute Gasteiger partial charge is 0.475 e. The Morgan fingerprint density at radius 3 is 2.19 bits per heavy atom. The van der Waals surface area contributed by atoms with E-state index in [4.69, 9.17) is 15.1 Å². The van der Waals surface area contributed by atoms with Crippen LogP contribution >= 0.6 is 0 Å². The van der Waals surface area contributed by atoms with Crippen LogP contribution in [0.3, 0.4) is 0 Å². The zero-order chi connectivity index (χ0) is 12.1. The number of carbonyl (C=O) groups excluding carboxylic acids is 1. The van der Waals surface area contributed by atoms with E-state index in [0.29, 0.717) is 13.1 Å². The van der Waals surface area contributed by atoms with E-state index in [1.165, 1.54) is 5.06 Å². The van der Waals surface area contributed by atoms with Crippen molar-refractivity contribution >= 4 is 11.8 Å². The average Bonchev–Trinajstić information content (AvgIpc) is 2.28. The summed E-state index contributed by atoms with van der Waals surface area (Å²) in [5.74, 6) is -3.28. The summed E-state index contributed by atoms with van der Waals surface area (Å²) in [6.45, 7) is 1.18. The number of aliphatic carboxylic acids is 1. The first-order valence-corrected chi connectivity index (χ1v) is 5.07. The van der Waals surface area contributed by atoms with Crippen LogP contribution in [-0.2, 0) is 14.4 Å². The van der Waals surface area contributed by atoms with Crippen LogP contribution in [-0.4, -0.2) is 57.6 Å². The molecule has 1 heterocycles. The molecule has 1 fully saturated rings. The number of ketones is 1. The average molecular weight is 233 g/mol. The highest BCUT2D eigenvalue weighted by atomic mass is 16.8. The molecule has 0 spiro atoms. The Labute approximate surface area is 92.2 Å². The standard InChI is InChI=1S/C9H15NO6/c11-6(8(13)14)7(12)9(15)16-10-4-2-1-3-5-10/h7,9,12,15H,1-5H2,(H,13,14). The van der Waals surface area contributed by atoms with E-state index in [2.05, 4.69) is 0 Å². The van der Waals surface area contributed by atoms with Crippen LogP contribution in [0.5, 0.6) is 0 Å². The third-order valence-electron chi connectivity index (χ3n) is 2.32. The molecule has 3 N–H and O–H groups in total. The van der Waals surface area contributed by atoms with Crippen molar-refractivity contribution in [2.24, 2.45) is 0 Å². The summed E-state index contributed by atoms with van der Waals surface area (Å²) in [4.78, 5) is 25.9. The molecule has 92 valence electrons. The normalized spacial score (nSPS) is 21.4. The first kappa shape index (κ1) is 13.0. The fraction of sp³-hybridized carbons (Fsp3) is 0.778. The Hall–Kier alpha value is -1.02. The third kappa shape index (κ3) is 3.53. The van der Waals surface area contributed by atoms with Gasteiger partial charge < -0.3 is 15.3 Å². The fourth-order valence-electron chi connectivity index (χ4n) is 1.44. The van der Waals surface area contributed by atoms with Gasteiger partial charge in [-0.2, -0.15) is 5.06 Å².